The van der Waals surface area contributed by atoms with Crippen molar-refractivity contribution in [1.82, 2.24) is 0 Å². The number of hydrogen-bond acceptors (Lipinski definition) is 2. The molecule has 0 saturated carbocycles. The van der Waals surface area contributed by atoms with Crippen molar-refractivity contribution < 1.29 is 15.0 Å². The predicted octanol–water partition coefficient (Wildman–Crippen LogP) is 1.09. The minimum Gasteiger partial charge on any atom is -0.481 e. The monoisotopic (exact) mass is 168 g/mol. The summed E-state index contributed by atoms with van der Waals surface area (Å²) in [5.74, 6) is -0.833. The van der Waals surface area contributed by atoms with Gasteiger partial charge in [-0.25, -0.2) is 0 Å². The average Bonchev–Trinajstić information content (AvgIpc) is 1.63. The highest BCUT2D eigenvalue weighted by molar-refractivity contribution is 6.20. The Labute approximate surface area is 65.6 Å². The van der Waals surface area contributed by atoms with Gasteiger partial charge >= 0.3 is 0 Å². The third-order valence-corrected chi connectivity index (χ3v) is 1.03. The largest absolute Gasteiger partial charge is 0.481 e. The van der Waals surface area contributed by atoms with Gasteiger partial charge < -0.3 is 10.2 Å². The minimum absolute atomic E-state index is 0.120. The molecule has 0 heterocycles. The number of carbonyl (C=O) groups is 1. The second-order valence-corrected chi connectivity index (χ2v) is 2.63. The summed E-state index contributed by atoms with van der Waals surface area (Å²) in [6, 6.07) is 0. The second-order valence-electron chi connectivity index (χ2n) is 1.94. The molecule has 0 aromatic rings. The van der Waals surface area contributed by atoms with Crippen molar-refractivity contribution in [2.45, 2.75) is 32.3 Å². The van der Waals surface area contributed by atoms with Gasteiger partial charge in [-0.2, -0.15) is 0 Å². The van der Waals surface area contributed by atoms with Gasteiger partial charge in [0.2, 0.25) is 0 Å². The van der Waals surface area contributed by atoms with Crippen LogP contribution in [0.4, 0.5) is 0 Å². The van der Waals surface area contributed by atoms with Gasteiger partial charge in [-0.05, 0) is 13.8 Å². The number of aliphatic hydroxyl groups excluding tert-OH is 1. The number of carboxylic acid groups (broad SMARTS) is 1. The van der Waals surface area contributed by atoms with Crippen LogP contribution in [0, 0.1) is 0 Å². The summed E-state index contributed by atoms with van der Waals surface area (Å²) in [5, 5.41) is 15.8. The van der Waals surface area contributed by atoms with Crippen molar-refractivity contribution >= 4 is 17.6 Å². The molecule has 10 heavy (non-hydrogen) atoms. The van der Waals surface area contributed by atoms with Crippen molar-refractivity contribution in [3.63, 3.8) is 0 Å². The van der Waals surface area contributed by atoms with Crippen LogP contribution in [0.3, 0.4) is 0 Å². The van der Waals surface area contributed by atoms with Crippen LogP contribution >= 0.6 is 11.6 Å². The summed E-state index contributed by atoms with van der Waals surface area (Å²) in [5.41, 5.74) is 0. The maximum absolute atomic E-state index is 9.00. The predicted molar refractivity (Wildman–Crippen MR) is 40.3 cm³/mol. The summed E-state index contributed by atoms with van der Waals surface area (Å²) in [4.78, 5) is 9.00. The smallest absolute Gasteiger partial charge is 0.300 e. The summed E-state index contributed by atoms with van der Waals surface area (Å²) < 4.78 is 0. The van der Waals surface area contributed by atoms with Gasteiger partial charge in [0.05, 0.1) is 11.5 Å². The Balaban J connectivity index is 0. The van der Waals surface area contributed by atoms with Gasteiger partial charge in [-0.15, -0.1) is 11.6 Å². The van der Waals surface area contributed by atoms with E-state index in [2.05, 4.69) is 0 Å². The number of rotatable bonds is 1. The zero-order chi connectivity index (χ0) is 8.73. The number of aliphatic hydroxyl groups is 1. The van der Waals surface area contributed by atoms with Crippen molar-refractivity contribution in [2.75, 3.05) is 0 Å². The minimum atomic E-state index is -0.833. The van der Waals surface area contributed by atoms with E-state index in [0.717, 1.165) is 6.92 Å². The van der Waals surface area contributed by atoms with E-state index in [1.807, 2.05) is 0 Å². The maximum Gasteiger partial charge on any atom is 0.300 e. The highest BCUT2D eigenvalue weighted by atomic mass is 35.5. The SMILES string of the molecule is CC(=O)O.CC(O)C(C)Cl. The quantitative estimate of drug-likeness (QED) is 0.577. The molecule has 2 unspecified atom stereocenters. The topological polar surface area (TPSA) is 57.5 Å². The first kappa shape index (κ1) is 12.4. The number of hydrogen-bond donors (Lipinski definition) is 2. The Morgan fingerprint density at radius 2 is 1.60 bits per heavy atom. The molecule has 0 spiro atoms. The van der Waals surface area contributed by atoms with Gasteiger partial charge in [0, 0.05) is 6.92 Å². The number of aliphatic carboxylic acids is 1. The van der Waals surface area contributed by atoms with E-state index in [0.29, 0.717) is 0 Å². The molecule has 0 aromatic carbocycles. The second kappa shape index (κ2) is 6.83. The van der Waals surface area contributed by atoms with Gasteiger partial charge in [0.25, 0.3) is 5.97 Å². The summed E-state index contributed by atoms with van der Waals surface area (Å²) in [7, 11) is 0. The standard InChI is InChI=1S/C4H9ClO.C2H4O2/c1-3(5)4(2)6;1-2(3)4/h3-4,6H,1-2H3;1H3,(H,3,4). The molecule has 0 bridgehead atoms. The third-order valence-electron chi connectivity index (χ3n) is 0.665. The molecule has 0 aromatic heterocycles. The molecule has 0 amide bonds. The van der Waals surface area contributed by atoms with E-state index < -0.39 is 5.97 Å². The van der Waals surface area contributed by atoms with E-state index in [1.165, 1.54) is 0 Å². The van der Waals surface area contributed by atoms with Crippen molar-refractivity contribution in [3.05, 3.63) is 0 Å². The van der Waals surface area contributed by atoms with Crippen molar-refractivity contribution in [3.8, 4) is 0 Å². The van der Waals surface area contributed by atoms with Gasteiger partial charge in [0.1, 0.15) is 0 Å². The van der Waals surface area contributed by atoms with Crippen molar-refractivity contribution in [2.24, 2.45) is 0 Å². The van der Waals surface area contributed by atoms with Crippen molar-refractivity contribution in [1.29, 1.82) is 0 Å². The van der Waals surface area contributed by atoms with Crippen LogP contribution in [0.2, 0.25) is 0 Å². The van der Waals surface area contributed by atoms with Crippen LogP contribution in [-0.2, 0) is 4.79 Å². The fraction of sp³-hybridized carbons (Fsp3) is 0.833. The molecule has 0 aliphatic rings. The lowest BCUT2D eigenvalue weighted by Crippen LogP contribution is -2.11. The highest BCUT2D eigenvalue weighted by Crippen LogP contribution is 1.97. The summed E-state index contributed by atoms with van der Waals surface area (Å²) >= 11 is 5.36. The molecular formula is C6H13ClO3. The Morgan fingerprint density at radius 1 is 1.50 bits per heavy atom. The van der Waals surface area contributed by atoms with Gasteiger partial charge in [-0.3, -0.25) is 4.79 Å². The Morgan fingerprint density at radius 3 is 1.60 bits per heavy atom. The molecule has 4 heteroatoms. The van der Waals surface area contributed by atoms with Crippen LogP contribution in [0.5, 0.6) is 0 Å². The molecule has 0 rings (SSSR count). The summed E-state index contributed by atoms with van der Waals surface area (Å²) in [6.07, 6.45) is -0.383. The van der Waals surface area contributed by atoms with E-state index in [-0.39, 0.29) is 11.5 Å². The number of halogens is 1. The fourth-order valence-electron chi connectivity index (χ4n) is 0. The molecule has 0 radical (unpaired) electrons. The van der Waals surface area contributed by atoms with E-state index in [4.69, 9.17) is 26.6 Å². The first-order valence-corrected chi connectivity index (χ1v) is 3.33. The zero-order valence-electron chi connectivity index (χ0n) is 6.34. The van der Waals surface area contributed by atoms with E-state index in [1.54, 1.807) is 13.8 Å². The van der Waals surface area contributed by atoms with Gasteiger partial charge in [0.15, 0.2) is 0 Å². The first-order chi connectivity index (χ1) is 4.37. The normalized spacial score (nSPS) is 14.5. The third kappa shape index (κ3) is 25.2. The van der Waals surface area contributed by atoms with Gasteiger partial charge in [-0.1, -0.05) is 0 Å². The molecule has 0 aliphatic carbocycles. The summed E-state index contributed by atoms with van der Waals surface area (Å²) in [6.45, 7) is 4.50. The molecule has 3 nitrogen and oxygen atoms in total. The van der Waals surface area contributed by atoms with E-state index >= 15 is 0 Å². The van der Waals surface area contributed by atoms with Crippen LogP contribution in [0.1, 0.15) is 20.8 Å². The zero-order valence-corrected chi connectivity index (χ0v) is 7.09. The Kier molecular flexibility index (Phi) is 8.48. The highest BCUT2D eigenvalue weighted by Gasteiger charge is 2.00. The van der Waals surface area contributed by atoms with Crippen LogP contribution in [-0.4, -0.2) is 27.7 Å². The molecular weight excluding hydrogens is 156 g/mol. The first-order valence-electron chi connectivity index (χ1n) is 2.89. The molecule has 0 aliphatic heterocycles. The Bertz CT molecular complexity index is 81.0. The lowest BCUT2D eigenvalue weighted by Gasteiger charge is -2.02. The number of alkyl halides is 1. The molecule has 0 saturated heterocycles. The lowest BCUT2D eigenvalue weighted by atomic mass is 10.3. The Hall–Kier alpha value is -0.280. The molecule has 62 valence electrons. The fourth-order valence-corrected chi connectivity index (χ4v) is 0. The molecule has 0 fully saturated rings. The lowest BCUT2D eigenvalue weighted by molar-refractivity contribution is -0.134. The number of carboxylic acids is 1. The van der Waals surface area contributed by atoms with Crippen LogP contribution in [0.25, 0.3) is 0 Å². The van der Waals surface area contributed by atoms with Crippen LogP contribution in [0.15, 0.2) is 0 Å². The molecule has 2 atom stereocenters. The average molecular weight is 169 g/mol. The van der Waals surface area contributed by atoms with E-state index in [9.17, 15) is 0 Å². The molecule has 2 N–H and O–H groups in total. The maximum atomic E-state index is 9.00. The van der Waals surface area contributed by atoms with Crippen LogP contribution < -0.4 is 0 Å².